The number of para-hydroxylation sites is 1. The molecular weight excluding hydrogens is 371 g/mol. The van der Waals surface area contributed by atoms with Crippen LogP contribution in [0, 0.1) is 0 Å². The highest BCUT2D eigenvalue weighted by molar-refractivity contribution is 7.89. The van der Waals surface area contributed by atoms with Gasteiger partial charge in [-0.3, -0.25) is 0 Å². The van der Waals surface area contributed by atoms with Crippen LogP contribution >= 0.6 is 0 Å². The van der Waals surface area contributed by atoms with Crippen LogP contribution in [0.4, 0.5) is 19.0 Å². The maximum Gasteiger partial charge on any atom is 0.404 e. The second-order valence-electron chi connectivity index (χ2n) is 6.10. The summed E-state index contributed by atoms with van der Waals surface area (Å²) in [5.41, 5.74) is 7.79. The molecular formula is C15H14F3N5O2S. The number of hydrogen-bond donors (Lipinski definition) is 1. The van der Waals surface area contributed by atoms with E-state index in [1.807, 2.05) is 18.2 Å². The zero-order valence-corrected chi connectivity index (χ0v) is 14.2. The van der Waals surface area contributed by atoms with Crippen molar-refractivity contribution in [3.8, 4) is 0 Å². The highest BCUT2D eigenvalue weighted by Gasteiger charge is 2.40. The lowest BCUT2D eigenvalue weighted by molar-refractivity contribution is -0.107. The molecule has 7 nitrogen and oxygen atoms in total. The molecule has 0 atom stereocenters. The summed E-state index contributed by atoms with van der Waals surface area (Å²) in [4.78, 5) is 8.64. The Bertz CT molecular complexity index is 1120. The zero-order valence-electron chi connectivity index (χ0n) is 13.4. The molecule has 0 spiro atoms. The van der Waals surface area contributed by atoms with Crippen LogP contribution in [-0.4, -0.2) is 45.7 Å². The van der Waals surface area contributed by atoms with Gasteiger partial charge >= 0.3 is 6.18 Å². The highest BCUT2D eigenvalue weighted by atomic mass is 32.2. The fourth-order valence-electron chi connectivity index (χ4n) is 3.25. The lowest BCUT2D eigenvalue weighted by Crippen LogP contribution is -2.42. The number of fused-ring (bicyclic) bond motifs is 5. The Kier molecular flexibility index (Phi) is 3.63. The van der Waals surface area contributed by atoms with Gasteiger partial charge in [0.05, 0.1) is 17.6 Å². The molecule has 0 fully saturated rings. The molecule has 1 aliphatic rings. The molecule has 0 bridgehead atoms. The van der Waals surface area contributed by atoms with Gasteiger partial charge in [0.15, 0.2) is 11.6 Å². The van der Waals surface area contributed by atoms with Crippen molar-refractivity contribution in [1.29, 1.82) is 0 Å². The number of nitrogen functional groups attached to an aromatic ring is 1. The summed E-state index contributed by atoms with van der Waals surface area (Å²) in [6.07, 6.45) is -4.79. The monoisotopic (exact) mass is 385 g/mol. The maximum absolute atomic E-state index is 12.5. The third kappa shape index (κ3) is 2.76. The van der Waals surface area contributed by atoms with E-state index >= 15 is 0 Å². The van der Waals surface area contributed by atoms with E-state index in [1.165, 1.54) is 0 Å². The fourth-order valence-corrected chi connectivity index (χ4v) is 4.52. The van der Waals surface area contributed by atoms with Gasteiger partial charge in [0, 0.05) is 18.5 Å². The molecule has 2 N–H and O–H groups in total. The van der Waals surface area contributed by atoms with E-state index in [9.17, 15) is 21.6 Å². The van der Waals surface area contributed by atoms with E-state index in [2.05, 4.69) is 9.97 Å². The molecule has 3 heterocycles. The van der Waals surface area contributed by atoms with Gasteiger partial charge < -0.3 is 10.3 Å². The Labute approximate surface area is 146 Å². The molecule has 26 heavy (non-hydrogen) atoms. The van der Waals surface area contributed by atoms with Crippen molar-refractivity contribution in [2.24, 2.45) is 0 Å². The summed E-state index contributed by atoms with van der Waals surface area (Å²) in [5.74, 6) is -1.33. The van der Waals surface area contributed by atoms with Gasteiger partial charge in [0.1, 0.15) is 11.3 Å². The van der Waals surface area contributed by atoms with Gasteiger partial charge in [-0.1, -0.05) is 18.2 Å². The number of pyridine rings is 1. The molecule has 138 valence electrons. The van der Waals surface area contributed by atoms with Crippen LogP contribution in [0.15, 0.2) is 24.3 Å². The van der Waals surface area contributed by atoms with Gasteiger partial charge in [0.25, 0.3) is 0 Å². The van der Waals surface area contributed by atoms with Crippen LogP contribution in [0.3, 0.4) is 0 Å². The first-order valence-electron chi connectivity index (χ1n) is 7.73. The number of sulfonamides is 1. The SMILES string of the molecule is Nc1nc2ccccc2c2c1nc1n2CCN(S(=O)(=O)CC(F)(F)F)C1. The highest BCUT2D eigenvalue weighted by Crippen LogP contribution is 2.31. The molecule has 0 saturated carbocycles. The minimum Gasteiger partial charge on any atom is -0.382 e. The molecule has 0 saturated heterocycles. The number of aromatic nitrogens is 3. The van der Waals surface area contributed by atoms with Crippen LogP contribution in [0.1, 0.15) is 5.82 Å². The normalized spacial score (nSPS) is 16.3. The topological polar surface area (TPSA) is 94.1 Å². The van der Waals surface area contributed by atoms with Crippen LogP contribution in [0.5, 0.6) is 0 Å². The Morgan fingerprint density at radius 3 is 2.62 bits per heavy atom. The third-order valence-corrected chi connectivity index (χ3v) is 6.11. The standard InChI is InChI=1S/C15H14F3N5O2S/c16-15(17,18)8-26(24,25)22-5-6-23-11(7-22)21-12-13(23)9-3-1-2-4-10(9)20-14(12)19/h1-4H,5-8H2,(H2,19,20). The molecule has 2 aromatic heterocycles. The van der Waals surface area contributed by atoms with Crippen LogP contribution in [0.2, 0.25) is 0 Å². The molecule has 0 radical (unpaired) electrons. The minimum absolute atomic E-state index is 0.0621. The van der Waals surface area contributed by atoms with E-state index in [1.54, 1.807) is 10.6 Å². The van der Waals surface area contributed by atoms with Crippen LogP contribution < -0.4 is 5.73 Å². The molecule has 1 aliphatic heterocycles. The molecule has 11 heteroatoms. The van der Waals surface area contributed by atoms with Crippen LogP contribution in [0.25, 0.3) is 21.9 Å². The number of rotatable bonds is 2. The summed E-state index contributed by atoms with van der Waals surface area (Å²) in [6.45, 7) is -0.106. The van der Waals surface area contributed by atoms with E-state index in [0.29, 0.717) is 16.9 Å². The summed E-state index contributed by atoms with van der Waals surface area (Å²) in [7, 11) is -4.47. The summed E-state index contributed by atoms with van der Waals surface area (Å²) >= 11 is 0. The van der Waals surface area contributed by atoms with Crippen molar-refractivity contribution in [3.63, 3.8) is 0 Å². The smallest absolute Gasteiger partial charge is 0.382 e. The number of imidazole rings is 1. The average Bonchev–Trinajstić information content (AvgIpc) is 2.92. The second kappa shape index (κ2) is 5.55. The predicted octanol–water partition coefficient (Wildman–Crippen LogP) is 1.87. The van der Waals surface area contributed by atoms with Crippen molar-refractivity contribution >= 4 is 37.8 Å². The first-order chi connectivity index (χ1) is 12.2. The van der Waals surface area contributed by atoms with Crippen molar-refractivity contribution in [3.05, 3.63) is 30.1 Å². The quantitative estimate of drug-likeness (QED) is 0.727. The van der Waals surface area contributed by atoms with E-state index in [-0.39, 0.29) is 25.5 Å². The number of alkyl halides is 3. The zero-order chi connectivity index (χ0) is 18.7. The Morgan fingerprint density at radius 2 is 1.88 bits per heavy atom. The molecule has 0 aliphatic carbocycles. The maximum atomic E-state index is 12.5. The fraction of sp³-hybridized carbons (Fsp3) is 0.333. The molecule has 1 aromatic carbocycles. The minimum atomic E-state index is -4.79. The summed E-state index contributed by atoms with van der Waals surface area (Å²) in [6, 6.07) is 7.31. The van der Waals surface area contributed by atoms with E-state index in [4.69, 9.17) is 5.73 Å². The van der Waals surface area contributed by atoms with Gasteiger partial charge in [0.2, 0.25) is 10.0 Å². The Balaban J connectivity index is 1.81. The first kappa shape index (κ1) is 17.0. The third-order valence-electron chi connectivity index (χ3n) is 4.32. The number of anilines is 1. The lowest BCUT2D eigenvalue weighted by atomic mass is 10.2. The average molecular weight is 385 g/mol. The Hall–Kier alpha value is -2.40. The summed E-state index contributed by atoms with van der Waals surface area (Å²) < 4.78 is 64.3. The summed E-state index contributed by atoms with van der Waals surface area (Å²) in [5, 5.41) is 0.807. The molecule has 0 amide bonds. The van der Waals surface area contributed by atoms with Crippen molar-refractivity contribution < 1.29 is 21.6 Å². The number of halogens is 3. The van der Waals surface area contributed by atoms with Gasteiger partial charge in [-0.15, -0.1) is 0 Å². The number of benzene rings is 1. The van der Waals surface area contributed by atoms with E-state index < -0.39 is 22.0 Å². The molecule has 3 aromatic rings. The lowest BCUT2D eigenvalue weighted by Gasteiger charge is -2.27. The van der Waals surface area contributed by atoms with Gasteiger partial charge in [-0.05, 0) is 6.07 Å². The van der Waals surface area contributed by atoms with Gasteiger partial charge in [-0.2, -0.15) is 17.5 Å². The second-order valence-corrected chi connectivity index (χ2v) is 8.06. The van der Waals surface area contributed by atoms with Crippen molar-refractivity contribution in [2.75, 3.05) is 18.0 Å². The number of nitrogens with zero attached hydrogens (tertiary/aromatic N) is 4. The van der Waals surface area contributed by atoms with E-state index in [0.717, 1.165) is 15.2 Å². The van der Waals surface area contributed by atoms with Crippen molar-refractivity contribution in [2.45, 2.75) is 19.3 Å². The molecule has 0 unspecified atom stereocenters. The first-order valence-corrected chi connectivity index (χ1v) is 9.34. The largest absolute Gasteiger partial charge is 0.404 e. The Morgan fingerprint density at radius 1 is 1.15 bits per heavy atom. The van der Waals surface area contributed by atoms with Crippen LogP contribution in [-0.2, 0) is 23.1 Å². The predicted molar refractivity (Wildman–Crippen MR) is 89.7 cm³/mol. The number of nitrogens with two attached hydrogens (primary N) is 1. The van der Waals surface area contributed by atoms with Crippen molar-refractivity contribution in [1.82, 2.24) is 18.8 Å². The van der Waals surface area contributed by atoms with Gasteiger partial charge in [-0.25, -0.2) is 18.4 Å². The molecule has 4 rings (SSSR count). The number of hydrogen-bond acceptors (Lipinski definition) is 5.